The van der Waals surface area contributed by atoms with E-state index in [4.69, 9.17) is 0 Å². The molecule has 26 heavy (non-hydrogen) atoms. The zero-order valence-corrected chi connectivity index (χ0v) is 16.5. The number of hydrogen-bond donors (Lipinski definition) is 0. The minimum absolute atomic E-state index is 0.851. The summed E-state index contributed by atoms with van der Waals surface area (Å²) in [6, 6.07) is 20.9. The number of anilines is 1. The standard InChI is InChI=1S/C22H20BrN3/c1-15-12-22(26-13-17-5-3-4-6-18(17)14-26)16(2)11-21(15)25-24-20-9-7-19(23)8-10-20/h3-12H,13-14H2,1-2H3. The summed E-state index contributed by atoms with van der Waals surface area (Å²) < 4.78 is 1.04. The van der Waals surface area contributed by atoms with Crippen LogP contribution in [-0.2, 0) is 13.1 Å². The number of halogens is 1. The second-order valence-corrected chi connectivity index (χ2v) is 7.64. The number of fused-ring (bicyclic) bond motifs is 1. The molecule has 0 saturated carbocycles. The molecule has 0 atom stereocenters. The Bertz CT molecular complexity index is 952. The molecule has 0 aliphatic carbocycles. The summed E-state index contributed by atoms with van der Waals surface area (Å²) >= 11 is 3.44. The van der Waals surface area contributed by atoms with E-state index in [0.29, 0.717) is 0 Å². The lowest BCUT2D eigenvalue weighted by molar-refractivity contribution is 0.874. The van der Waals surface area contributed by atoms with Gasteiger partial charge in [-0.2, -0.15) is 10.2 Å². The van der Waals surface area contributed by atoms with Gasteiger partial charge in [0.2, 0.25) is 0 Å². The van der Waals surface area contributed by atoms with Crippen molar-refractivity contribution >= 4 is 33.0 Å². The first-order chi connectivity index (χ1) is 12.6. The van der Waals surface area contributed by atoms with Gasteiger partial charge >= 0.3 is 0 Å². The highest BCUT2D eigenvalue weighted by Crippen LogP contribution is 2.34. The summed E-state index contributed by atoms with van der Waals surface area (Å²) in [5.74, 6) is 0. The summed E-state index contributed by atoms with van der Waals surface area (Å²) in [6.45, 7) is 6.19. The monoisotopic (exact) mass is 405 g/mol. The van der Waals surface area contributed by atoms with Gasteiger partial charge in [-0.25, -0.2) is 0 Å². The quantitative estimate of drug-likeness (QED) is 0.430. The maximum atomic E-state index is 4.46. The van der Waals surface area contributed by atoms with Crippen LogP contribution in [0.3, 0.4) is 0 Å². The third-order valence-electron chi connectivity index (χ3n) is 4.80. The van der Waals surface area contributed by atoms with Gasteiger partial charge in [0.05, 0.1) is 11.4 Å². The largest absolute Gasteiger partial charge is 0.363 e. The SMILES string of the molecule is Cc1cc(N2Cc3ccccc3C2)c(C)cc1N=Nc1ccc(Br)cc1. The number of benzene rings is 3. The van der Waals surface area contributed by atoms with Crippen LogP contribution < -0.4 is 4.90 Å². The molecular weight excluding hydrogens is 386 g/mol. The van der Waals surface area contributed by atoms with Crippen molar-refractivity contribution in [2.24, 2.45) is 10.2 Å². The zero-order chi connectivity index (χ0) is 18.1. The molecule has 0 amide bonds. The second kappa shape index (κ2) is 7.04. The second-order valence-electron chi connectivity index (χ2n) is 6.73. The van der Waals surface area contributed by atoms with Crippen LogP contribution in [0.1, 0.15) is 22.3 Å². The minimum Gasteiger partial charge on any atom is -0.363 e. The van der Waals surface area contributed by atoms with Crippen molar-refractivity contribution in [3.63, 3.8) is 0 Å². The van der Waals surface area contributed by atoms with Gasteiger partial charge in [-0.1, -0.05) is 40.2 Å². The Morgan fingerprint density at radius 1 is 0.808 bits per heavy atom. The first-order valence-corrected chi connectivity index (χ1v) is 9.50. The van der Waals surface area contributed by atoms with E-state index in [1.807, 2.05) is 24.3 Å². The number of hydrogen-bond acceptors (Lipinski definition) is 3. The topological polar surface area (TPSA) is 28.0 Å². The lowest BCUT2D eigenvalue weighted by Crippen LogP contribution is -2.15. The van der Waals surface area contributed by atoms with Crippen LogP contribution in [0, 0.1) is 13.8 Å². The Kier molecular flexibility index (Phi) is 4.60. The highest BCUT2D eigenvalue weighted by atomic mass is 79.9. The minimum atomic E-state index is 0.851. The highest BCUT2D eigenvalue weighted by Gasteiger charge is 2.20. The molecule has 0 fully saturated rings. The van der Waals surface area contributed by atoms with E-state index < -0.39 is 0 Å². The fraction of sp³-hybridized carbons (Fsp3) is 0.182. The molecule has 0 bridgehead atoms. The predicted octanol–water partition coefficient (Wildman–Crippen LogP) is 7.00. The Hall–Kier alpha value is -2.46. The molecule has 4 heteroatoms. The molecule has 0 spiro atoms. The number of nitrogens with zero attached hydrogens (tertiary/aromatic N) is 3. The zero-order valence-electron chi connectivity index (χ0n) is 14.9. The molecular formula is C22H20BrN3. The summed E-state index contributed by atoms with van der Waals surface area (Å²) in [6.07, 6.45) is 0. The molecule has 1 aliphatic rings. The smallest absolute Gasteiger partial charge is 0.0890 e. The van der Waals surface area contributed by atoms with Gasteiger partial charge in [0.1, 0.15) is 0 Å². The van der Waals surface area contributed by atoms with Gasteiger partial charge in [0.25, 0.3) is 0 Å². The number of rotatable bonds is 3. The third kappa shape index (κ3) is 3.42. The lowest BCUT2D eigenvalue weighted by Gasteiger charge is -2.21. The van der Waals surface area contributed by atoms with Crippen molar-refractivity contribution in [3.05, 3.63) is 87.4 Å². The van der Waals surface area contributed by atoms with E-state index in [1.54, 1.807) is 0 Å². The molecule has 0 unspecified atom stereocenters. The van der Waals surface area contributed by atoms with Crippen molar-refractivity contribution in [1.82, 2.24) is 0 Å². The summed E-state index contributed by atoms with van der Waals surface area (Å²) in [5.41, 5.74) is 8.26. The number of azo groups is 1. The van der Waals surface area contributed by atoms with Crippen LogP contribution in [0.15, 0.2) is 75.4 Å². The van der Waals surface area contributed by atoms with Gasteiger partial charge in [0, 0.05) is 23.2 Å². The van der Waals surface area contributed by atoms with E-state index >= 15 is 0 Å². The lowest BCUT2D eigenvalue weighted by atomic mass is 10.1. The summed E-state index contributed by atoms with van der Waals surface area (Å²) in [4.78, 5) is 2.43. The Morgan fingerprint density at radius 2 is 1.46 bits per heavy atom. The molecule has 0 radical (unpaired) electrons. The van der Waals surface area contributed by atoms with Gasteiger partial charge in [-0.15, -0.1) is 0 Å². The van der Waals surface area contributed by atoms with Crippen molar-refractivity contribution in [1.29, 1.82) is 0 Å². The van der Waals surface area contributed by atoms with E-state index in [2.05, 4.69) is 81.3 Å². The molecule has 3 nitrogen and oxygen atoms in total. The van der Waals surface area contributed by atoms with E-state index in [-0.39, 0.29) is 0 Å². The fourth-order valence-corrected chi connectivity index (χ4v) is 3.62. The molecule has 1 aliphatic heterocycles. The van der Waals surface area contributed by atoms with Crippen LogP contribution >= 0.6 is 15.9 Å². The average molecular weight is 406 g/mol. The molecule has 1 heterocycles. The Labute approximate surface area is 162 Å². The summed E-state index contributed by atoms with van der Waals surface area (Å²) in [7, 11) is 0. The van der Waals surface area contributed by atoms with Crippen LogP contribution in [-0.4, -0.2) is 0 Å². The van der Waals surface area contributed by atoms with Crippen molar-refractivity contribution < 1.29 is 0 Å². The molecule has 0 saturated heterocycles. The van der Waals surface area contributed by atoms with Crippen molar-refractivity contribution in [2.45, 2.75) is 26.9 Å². The van der Waals surface area contributed by atoms with Crippen molar-refractivity contribution in [2.75, 3.05) is 4.90 Å². The van der Waals surface area contributed by atoms with E-state index in [1.165, 1.54) is 22.4 Å². The first kappa shape index (κ1) is 17.0. The molecule has 130 valence electrons. The molecule has 3 aromatic rings. The van der Waals surface area contributed by atoms with Crippen LogP contribution in [0.4, 0.5) is 17.1 Å². The molecule has 4 rings (SSSR count). The van der Waals surface area contributed by atoms with E-state index in [9.17, 15) is 0 Å². The van der Waals surface area contributed by atoms with Gasteiger partial charge in [-0.05, 0) is 72.5 Å². The number of aryl methyl sites for hydroxylation is 2. The third-order valence-corrected chi connectivity index (χ3v) is 5.32. The maximum Gasteiger partial charge on any atom is 0.0890 e. The Balaban J connectivity index is 1.58. The first-order valence-electron chi connectivity index (χ1n) is 8.70. The molecule has 0 N–H and O–H groups in total. The molecule has 3 aromatic carbocycles. The maximum absolute atomic E-state index is 4.46. The van der Waals surface area contributed by atoms with Crippen LogP contribution in [0.25, 0.3) is 0 Å². The summed E-state index contributed by atoms with van der Waals surface area (Å²) in [5, 5.41) is 8.83. The van der Waals surface area contributed by atoms with E-state index in [0.717, 1.165) is 34.5 Å². The highest BCUT2D eigenvalue weighted by molar-refractivity contribution is 9.10. The van der Waals surface area contributed by atoms with Gasteiger partial charge in [0.15, 0.2) is 0 Å². The van der Waals surface area contributed by atoms with Crippen molar-refractivity contribution in [3.8, 4) is 0 Å². The fourth-order valence-electron chi connectivity index (χ4n) is 3.36. The normalized spacial score (nSPS) is 13.4. The Morgan fingerprint density at radius 3 is 2.12 bits per heavy atom. The molecule has 0 aromatic heterocycles. The average Bonchev–Trinajstić information content (AvgIpc) is 3.07. The van der Waals surface area contributed by atoms with Gasteiger partial charge < -0.3 is 4.90 Å². The van der Waals surface area contributed by atoms with Crippen LogP contribution in [0.5, 0.6) is 0 Å². The van der Waals surface area contributed by atoms with Gasteiger partial charge in [-0.3, -0.25) is 0 Å². The van der Waals surface area contributed by atoms with Crippen LogP contribution in [0.2, 0.25) is 0 Å². The predicted molar refractivity (Wildman–Crippen MR) is 111 cm³/mol.